The molecule has 0 aliphatic heterocycles. The Bertz CT molecular complexity index is 768. The number of carbonyl (C=O) groups excluding carboxylic acids is 2. The zero-order valence-electron chi connectivity index (χ0n) is 16.1. The van der Waals surface area contributed by atoms with Crippen LogP contribution in [0.15, 0.2) is 29.2 Å². The Morgan fingerprint density at radius 2 is 1.85 bits per heavy atom. The highest BCUT2D eigenvalue weighted by molar-refractivity contribution is 7.89. The van der Waals surface area contributed by atoms with Crippen molar-refractivity contribution in [1.82, 2.24) is 9.62 Å². The molecule has 7 nitrogen and oxygen atoms in total. The largest absolute Gasteiger partial charge is 0.449 e. The molecule has 8 heteroatoms. The molecule has 1 saturated carbocycles. The van der Waals surface area contributed by atoms with Crippen LogP contribution in [0.4, 0.5) is 0 Å². The number of rotatable bonds is 8. The Balaban J connectivity index is 2.07. The van der Waals surface area contributed by atoms with Gasteiger partial charge in [-0.15, -0.1) is 0 Å². The van der Waals surface area contributed by atoms with Crippen LogP contribution in [0.3, 0.4) is 0 Å². The van der Waals surface area contributed by atoms with Gasteiger partial charge in [-0.25, -0.2) is 13.2 Å². The Morgan fingerprint density at radius 1 is 1.22 bits per heavy atom. The molecule has 0 aromatic heterocycles. The van der Waals surface area contributed by atoms with Gasteiger partial charge in [-0.2, -0.15) is 4.31 Å². The lowest BCUT2D eigenvalue weighted by atomic mass is 10.2. The maximum absolute atomic E-state index is 12.6. The van der Waals surface area contributed by atoms with Gasteiger partial charge in [-0.1, -0.05) is 32.8 Å². The highest BCUT2D eigenvalue weighted by atomic mass is 32.2. The SMILES string of the molecule is CCN(CC)S(=O)(=O)c1cccc(C(=O)O[C@H](C)C(=O)NC2CCCC2)c1. The first kappa shape index (κ1) is 21.4. The smallest absolute Gasteiger partial charge is 0.338 e. The zero-order chi connectivity index (χ0) is 20.0. The van der Waals surface area contributed by atoms with Crippen molar-refractivity contribution >= 4 is 21.9 Å². The maximum Gasteiger partial charge on any atom is 0.338 e. The summed E-state index contributed by atoms with van der Waals surface area (Å²) in [5.41, 5.74) is 0.101. The molecule has 0 bridgehead atoms. The van der Waals surface area contributed by atoms with Crippen LogP contribution in [-0.2, 0) is 19.6 Å². The van der Waals surface area contributed by atoms with Gasteiger partial charge < -0.3 is 10.1 Å². The van der Waals surface area contributed by atoms with Crippen LogP contribution in [0, 0.1) is 0 Å². The Hall–Kier alpha value is -1.93. The van der Waals surface area contributed by atoms with Gasteiger partial charge in [0.05, 0.1) is 10.5 Å². The minimum absolute atomic E-state index is 0.0312. The van der Waals surface area contributed by atoms with Crippen molar-refractivity contribution in [1.29, 1.82) is 0 Å². The molecule has 1 fully saturated rings. The normalized spacial score (nSPS) is 16.3. The predicted octanol–water partition coefficient (Wildman–Crippen LogP) is 2.32. The molecule has 2 rings (SSSR count). The van der Waals surface area contributed by atoms with E-state index in [0.29, 0.717) is 13.1 Å². The molecule has 150 valence electrons. The lowest BCUT2D eigenvalue weighted by Crippen LogP contribution is -2.40. The molecule has 1 atom stereocenters. The summed E-state index contributed by atoms with van der Waals surface area (Å²) in [7, 11) is -3.67. The van der Waals surface area contributed by atoms with Crippen molar-refractivity contribution in [3.63, 3.8) is 0 Å². The number of nitrogens with one attached hydrogen (secondary N) is 1. The summed E-state index contributed by atoms with van der Waals surface area (Å²) in [4.78, 5) is 24.6. The summed E-state index contributed by atoms with van der Waals surface area (Å²) in [6.45, 7) is 5.70. The van der Waals surface area contributed by atoms with Crippen molar-refractivity contribution in [2.45, 2.75) is 63.5 Å². The van der Waals surface area contributed by atoms with Crippen LogP contribution >= 0.6 is 0 Å². The van der Waals surface area contributed by atoms with Crippen molar-refractivity contribution in [3.05, 3.63) is 29.8 Å². The van der Waals surface area contributed by atoms with Crippen molar-refractivity contribution in [2.75, 3.05) is 13.1 Å². The van der Waals surface area contributed by atoms with Gasteiger partial charge in [0.2, 0.25) is 10.0 Å². The first-order valence-electron chi connectivity index (χ1n) is 9.41. The highest BCUT2D eigenvalue weighted by Crippen LogP contribution is 2.19. The second-order valence-electron chi connectivity index (χ2n) is 6.65. The Kier molecular flexibility index (Phi) is 7.38. The van der Waals surface area contributed by atoms with E-state index in [1.54, 1.807) is 13.8 Å². The van der Waals surface area contributed by atoms with E-state index in [0.717, 1.165) is 25.7 Å². The van der Waals surface area contributed by atoms with Crippen LogP contribution in [0.2, 0.25) is 0 Å². The number of nitrogens with zero attached hydrogens (tertiary/aromatic N) is 1. The third kappa shape index (κ3) is 5.29. The van der Waals surface area contributed by atoms with E-state index in [9.17, 15) is 18.0 Å². The van der Waals surface area contributed by atoms with E-state index in [-0.39, 0.29) is 22.4 Å². The van der Waals surface area contributed by atoms with Gasteiger partial charge in [-0.05, 0) is 38.0 Å². The summed E-state index contributed by atoms with van der Waals surface area (Å²) < 4.78 is 31.7. The number of esters is 1. The average Bonchev–Trinajstić information content (AvgIpc) is 3.15. The van der Waals surface area contributed by atoms with Gasteiger partial charge in [0.1, 0.15) is 0 Å². The predicted molar refractivity (Wildman–Crippen MR) is 102 cm³/mol. The summed E-state index contributed by atoms with van der Waals surface area (Å²) in [5, 5.41) is 2.88. The number of amides is 1. The molecule has 0 saturated heterocycles. The average molecular weight is 397 g/mol. The molecular weight excluding hydrogens is 368 g/mol. The van der Waals surface area contributed by atoms with Gasteiger partial charge in [-0.3, -0.25) is 4.79 Å². The lowest BCUT2D eigenvalue weighted by molar-refractivity contribution is -0.129. The quantitative estimate of drug-likeness (QED) is 0.681. The second-order valence-corrected chi connectivity index (χ2v) is 8.59. The molecule has 27 heavy (non-hydrogen) atoms. The molecule has 0 spiro atoms. The molecule has 1 aliphatic carbocycles. The Labute approximate surface area is 161 Å². The van der Waals surface area contributed by atoms with Gasteiger partial charge >= 0.3 is 5.97 Å². The summed E-state index contributed by atoms with van der Waals surface area (Å²) >= 11 is 0. The summed E-state index contributed by atoms with van der Waals surface area (Å²) in [6, 6.07) is 5.85. The summed E-state index contributed by atoms with van der Waals surface area (Å²) in [5.74, 6) is -1.05. The van der Waals surface area contributed by atoms with Crippen molar-refractivity contribution in [3.8, 4) is 0 Å². The van der Waals surface area contributed by atoms with Crippen LogP contribution in [0.1, 0.15) is 56.8 Å². The van der Waals surface area contributed by atoms with Gasteiger partial charge in [0, 0.05) is 19.1 Å². The molecule has 1 N–H and O–H groups in total. The van der Waals surface area contributed by atoms with Gasteiger partial charge in [0.25, 0.3) is 5.91 Å². The van der Waals surface area contributed by atoms with Crippen LogP contribution in [0.25, 0.3) is 0 Å². The minimum Gasteiger partial charge on any atom is -0.449 e. The molecule has 1 aliphatic rings. The van der Waals surface area contributed by atoms with Crippen molar-refractivity contribution in [2.24, 2.45) is 0 Å². The molecule has 0 radical (unpaired) electrons. The molecule has 1 aromatic rings. The molecule has 1 aromatic carbocycles. The monoisotopic (exact) mass is 396 g/mol. The molecular formula is C19H28N2O5S. The van der Waals surface area contributed by atoms with E-state index in [1.165, 1.54) is 35.5 Å². The van der Waals surface area contributed by atoms with Crippen molar-refractivity contribution < 1.29 is 22.7 Å². The topological polar surface area (TPSA) is 92.8 Å². The lowest BCUT2D eigenvalue weighted by Gasteiger charge is -2.19. The highest BCUT2D eigenvalue weighted by Gasteiger charge is 2.25. The molecule has 0 unspecified atom stereocenters. The van der Waals surface area contributed by atoms with E-state index in [1.807, 2.05) is 0 Å². The van der Waals surface area contributed by atoms with Crippen LogP contribution in [0.5, 0.6) is 0 Å². The minimum atomic E-state index is -3.67. The number of hydrogen-bond donors (Lipinski definition) is 1. The number of ether oxygens (including phenoxy) is 1. The van der Waals surface area contributed by atoms with E-state index in [4.69, 9.17) is 4.74 Å². The van der Waals surface area contributed by atoms with Gasteiger partial charge in [0.15, 0.2) is 6.10 Å². The number of carbonyl (C=O) groups is 2. The first-order valence-corrected chi connectivity index (χ1v) is 10.8. The van der Waals surface area contributed by atoms with E-state index < -0.39 is 22.1 Å². The fraction of sp³-hybridized carbons (Fsp3) is 0.579. The number of hydrogen-bond acceptors (Lipinski definition) is 5. The standard InChI is InChI=1S/C19H28N2O5S/c1-4-21(5-2)27(24,25)17-12-8-9-15(13-17)19(23)26-14(3)18(22)20-16-10-6-7-11-16/h8-9,12-14,16H,4-7,10-11H2,1-3H3,(H,20,22)/t14-/m1/s1. The van der Waals surface area contributed by atoms with E-state index in [2.05, 4.69) is 5.32 Å². The summed E-state index contributed by atoms with van der Waals surface area (Å²) in [6.07, 6.45) is 3.12. The molecule has 0 heterocycles. The van der Waals surface area contributed by atoms with Crippen LogP contribution in [-0.4, -0.2) is 49.8 Å². The number of benzene rings is 1. The third-order valence-electron chi connectivity index (χ3n) is 4.77. The second kappa shape index (κ2) is 9.32. The van der Waals surface area contributed by atoms with E-state index >= 15 is 0 Å². The van der Waals surface area contributed by atoms with Crippen LogP contribution < -0.4 is 5.32 Å². The fourth-order valence-electron chi connectivity index (χ4n) is 3.17. The maximum atomic E-state index is 12.6. The first-order chi connectivity index (χ1) is 12.8. The number of sulfonamides is 1. The fourth-order valence-corrected chi connectivity index (χ4v) is 4.67. The zero-order valence-corrected chi connectivity index (χ0v) is 16.9. The third-order valence-corrected chi connectivity index (χ3v) is 6.81. The Morgan fingerprint density at radius 3 is 2.44 bits per heavy atom. The molecule has 1 amide bonds.